The fourth-order valence-electron chi connectivity index (χ4n) is 4.34. The van der Waals surface area contributed by atoms with Crippen molar-refractivity contribution in [3.8, 4) is 5.75 Å². The normalized spacial score (nSPS) is 17.9. The van der Waals surface area contributed by atoms with Gasteiger partial charge in [-0.05, 0) is 28.8 Å². The Bertz CT molecular complexity index is 908. The van der Waals surface area contributed by atoms with Crippen molar-refractivity contribution in [2.24, 2.45) is 0 Å². The van der Waals surface area contributed by atoms with Crippen LogP contribution in [0.25, 0.3) is 0 Å². The van der Waals surface area contributed by atoms with Gasteiger partial charge >= 0.3 is 0 Å². The maximum absolute atomic E-state index is 12.3. The lowest BCUT2D eigenvalue weighted by atomic mass is 9.73. The van der Waals surface area contributed by atoms with Gasteiger partial charge in [-0.1, -0.05) is 72.8 Å². The molecule has 0 aromatic heterocycles. The first-order valence-electron chi connectivity index (χ1n) is 10.6. The zero-order chi connectivity index (χ0) is 20.8. The zero-order valence-corrected chi connectivity index (χ0v) is 17.2. The van der Waals surface area contributed by atoms with Gasteiger partial charge in [0.05, 0.1) is 13.2 Å². The minimum absolute atomic E-state index is 0.137. The fourth-order valence-corrected chi connectivity index (χ4v) is 4.34. The lowest BCUT2D eigenvalue weighted by Crippen LogP contribution is -2.45. The van der Waals surface area contributed by atoms with E-state index in [-0.39, 0.29) is 11.7 Å². The SMILES string of the molecule is Oc1ccc([C@@](O)(Cc2ccccc2)[C@@H](CN2CCOCC2)c2ccccc2)cc1. The van der Waals surface area contributed by atoms with Crippen LogP contribution >= 0.6 is 0 Å². The van der Waals surface area contributed by atoms with E-state index >= 15 is 0 Å². The van der Waals surface area contributed by atoms with E-state index in [2.05, 4.69) is 29.2 Å². The van der Waals surface area contributed by atoms with Gasteiger partial charge in [-0.15, -0.1) is 0 Å². The van der Waals surface area contributed by atoms with Crippen molar-refractivity contribution in [1.82, 2.24) is 4.90 Å². The maximum atomic E-state index is 12.3. The van der Waals surface area contributed by atoms with Crippen molar-refractivity contribution in [3.63, 3.8) is 0 Å². The van der Waals surface area contributed by atoms with Gasteiger partial charge in [0.1, 0.15) is 11.4 Å². The number of hydrogen-bond acceptors (Lipinski definition) is 4. The average Bonchev–Trinajstić information content (AvgIpc) is 2.80. The van der Waals surface area contributed by atoms with E-state index in [1.165, 1.54) is 0 Å². The Kier molecular flexibility index (Phi) is 6.48. The fraction of sp³-hybridized carbons (Fsp3) is 0.308. The van der Waals surface area contributed by atoms with Crippen LogP contribution in [-0.2, 0) is 16.8 Å². The first-order valence-corrected chi connectivity index (χ1v) is 10.6. The van der Waals surface area contributed by atoms with Crippen LogP contribution in [0.2, 0.25) is 0 Å². The molecule has 0 unspecified atom stereocenters. The van der Waals surface area contributed by atoms with E-state index in [1.54, 1.807) is 12.1 Å². The summed E-state index contributed by atoms with van der Waals surface area (Å²) in [6.45, 7) is 3.90. The molecule has 0 spiro atoms. The molecule has 1 saturated heterocycles. The number of nitrogens with zero attached hydrogens (tertiary/aromatic N) is 1. The predicted octanol–water partition coefficient (Wildman–Crippen LogP) is 3.94. The van der Waals surface area contributed by atoms with Gasteiger partial charge in [-0.25, -0.2) is 0 Å². The number of rotatable bonds is 7. The first kappa shape index (κ1) is 20.6. The molecule has 0 amide bonds. The molecule has 0 radical (unpaired) electrons. The van der Waals surface area contributed by atoms with E-state index < -0.39 is 5.60 Å². The Morgan fingerprint density at radius 2 is 1.43 bits per heavy atom. The molecule has 156 valence electrons. The molecule has 0 bridgehead atoms. The standard InChI is InChI=1S/C26H29NO3/c28-24-13-11-23(12-14-24)26(29,19-21-7-3-1-4-8-21)25(22-9-5-2-6-10-22)20-27-15-17-30-18-16-27/h1-14,25,28-29H,15-20H2/t25-,26-/m0/s1. The number of benzene rings is 3. The number of phenols is 1. The summed E-state index contributed by atoms with van der Waals surface area (Å²) in [6.07, 6.45) is 0.489. The smallest absolute Gasteiger partial charge is 0.115 e. The molecule has 2 atom stereocenters. The van der Waals surface area contributed by atoms with Crippen molar-refractivity contribution in [3.05, 3.63) is 102 Å². The molecule has 1 heterocycles. The Morgan fingerprint density at radius 3 is 2.07 bits per heavy atom. The predicted molar refractivity (Wildman–Crippen MR) is 119 cm³/mol. The highest BCUT2D eigenvalue weighted by molar-refractivity contribution is 5.37. The van der Waals surface area contributed by atoms with E-state index in [0.717, 1.165) is 49.5 Å². The van der Waals surface area contributed by atoms with Crippen LogP contribution in [-0.4, -0.2) is 48.0 Å². The van der Waals surface area contributed by atoms with E-state index in [9.17, 15) is 10.2 Å². The number of ether oxygens (including phenoxy) is 1. The van der Waals surface area contributed by atoms with E-state index in [0.29, 0.717) is 6.42 Å². The van der Waals surface area contributed by atoms with Crippen LogP contribution in [0.5, 0.6) is 5.75 Å². The van der Waals surface area contributed by atoms with Gasteiger partial charge in [0.25, 0.3) is 0 Å². The molecule has 0 aliphatic carbocycles. The van der Waals surface area contributed by atoms with Gasteiger partial charge in [-0.2, -0.15) is 0 Å². The molecule has 4 heteroatoms. The highest BCUT2D eigenvalue weighted by Gasteiger charge is 2.40. The molecule has 3 aromatic carbocycles. The second kappa shape index (κ2) is 9.43. The molecular formula is C26H29NO3. The lowest BCUT2D eigenvalue weighted by molar-refractivity contribution is -0.0223. The third kappa shape index (κ3) is 4.73. The van der Waals surface area contributed by atoms with Crippen LogP contribution in [0, 0.1) is 0 Å². The molecule has 0 saturated carbocycles. The Balaban J connectivity index is 1.77. The number of hydrogen-bond donors (Lipinski definition) is 2. The average molecular weight is 404 g/mol. The summed E-state index contributed by atoms with van der Waals surface area (Å²) in [6, 6.07) is 27.4. The van der Waals surface area contributed by atoms with Crippen LogP contribution < -0.4 is 0 Å². The van der Waals surface area contributed by atoms with Crippen molar-refractivity contribution < 1.29 is 14.9 Å². The summed E-state index contributed by atoms with van der Waals surface area (Å²) in [5.74, 6) is 0.0619. The minimum atomic E-state index is -1.13. The molecule has 2 N–H and O–H groups in total. The molecule has 1 aliphatic rings. The summed E-state index contributed by atoms with van der Waals surface area (Å²) < 4.78 is 5.53. The Hall–Kier alpha value is -2.66. The van der Waals surface area contributed by atoms with E-state index in [4.69, 9.17) is 4.74 Å². The molecule has 30 heavy (non-hydrogen) atoms. The molecule has 4 nitrogen and oxygen atoms in total. The summed E-state index contributed by atoms with van der Waals surface area (Å²) in [5, 5.41) is 22.2. The summed E-state index contributed by atoms with van der Waals surface area (Å²) in [4.78, 5) is 2.37. The van der Waals surface area contributed by atoms with Crippen molar-refractivity contribution in [2.45, 2.75) is 17.9 Å². The maximum Gasteiger partial charge on any atom is 0.115 e. The molecule has 3 aromatic rings. The summed E-state index contributed by atoms with van der Waals surface area (Å²) in [7, 11) is 0. The largest absolute Gasteiger partial charge is 0.508 e. The first-order chi connectivity index (χ1) is 14.6. The van der Waals surface area contributed by atoms with Gasteiger partial charge in [0.2, 0.25) is 0 Å². The molecule has 4 rings (SSSR count). The number of aromatic hydroxyl groups is 1. The molecule has 1 fully saturated rings. The molecule has 1 aliphatic heterocycles. The lowest BCUT2D eigenvalue weighted by Gasteiger charge is -2.41. The summed E-state index contributed by atoms with van der Waals surface area (Å²) >= 11 is 0. The number of phenolic OH excluding ortho intramolecular Hbond substituents is 1. The van der Waals surface area contributed by atoms with Crippen LogP contribution in [0.15, 0.2) is 84.9 Å². The highest BCUT2D eigenvalue weighted by atomic mass is 16.5. The van der Waals surface area contributed by atoms with Crippen molar-refractivity contribution in [2.75, 3.05) is 32.8 Å². The number of aliphatic hydroxyl groups is 1. The van der Waals surface area contributed by atoms with Crippen LogP contribution in [0.3, 0.4) is 0 Å². The Labute approximate surface area is 178 Å². The topological polar surface area (TPSA) is 52.9 Å². The van der Waals surface area contributed by atoms with Crippen molar-refractivity contribution >= 4 is 0 Å². The molecular weight excluding hydrogens is 374 g/mol. The Morgan fingerprint density at radius 1 is 0.833 bits per heavy atom. The quantitative estimate of drug-likeness (QED) is 0.627. The van der Waals surface area contributed by atoms with Gasteiger partial charge in [0.15, 0.2) is 0 Å². The minimum Gasteiger partial charge on any atom is -0.508 e. The third-order valence-electron chi connectivity index (χ3n) is 6.01. The summed E-state index contributed by atoms with van der Waals surface area (Å²) in [5.41, 5.74) is 1.87. The second-order valence-electron chi connectivity index (χ2n) is 8.01. The number of morpholine rings is 1. The zero-order valence-electron chi connectivity index (χ0n) is 17.2. The van der Waals surface area contributed by atoms with Crippen molar-refractivity contribution in [1.29, 1.82) is 0 Å². The monoisotopic (exact) mass is 403 g/mol. The van der Waals surface area contributed by atoms with Crippen LogP contribution in [0.1, 0.15) is 22.6 Å². The van der Waals surface area contributed by atoms with Gasteiger partial charge < -0.3 is 14.9 Å². The third-order valence-corrected chi connectivity index (χ3v) is 6.01. The van der Waals surface area contributed by atoms with Crippen LogP contribution in [0.4, 0.5) is 0 Å². The van der Waals surface area contributed by atoms with Gasteiger partial charge in [-0.3, -0.25) is 4.90 Å². The second-order valence-corrected chi connectivity index (χ2v) is 8.01. The van der Waals surface area contributed by atoms with Gasteiger partial charge in [0, 0.05) is 32.0 Å². The highest BCUT2D eigenvalue weighted by Crippen LogP contribution is 2.41. The van der Waals surface area contributed by atoms with E-state index in [1.807, 2.05) is 48.5 Å².